The molecule has 0 spiro atoms. The molecule has 1 aromatic carbocycles. The molecule has 0 bridgehead atoms. The van der Waals surface area contributed by atoms with Crippen molar-refractivity contribution in [3.8, 4) is 11.1 Å². The zero-order valence-corrected chi connectivity index (χ0v) is 16.2. The number of ketones is 1. The lowest BCUT2D eigenvalue weighted by molar-refractivity contribution is -0.117. The molecule has 5 rings (SSSR count). The van der Waals surface area contributed by atoms with Gasteiger partial charge >= 0.3 is 0 Å². The highest BCUT2D eigenvalue weighted by atomic mass is 19.1. The average molecular weight is 409 g/mol. The van der Waals surface area contributed by atoms with Crippen molar-refractivity contribution in [1.82, 2.24) is 19.8 Å². The van der Waals surface area contributed by atoms with Crippen LogP contribution in [0.2, 0.25) is 0 Å². The van der Waals surface area contributed by atoms with Crippen LogP contribution in [0.25, 0.3) is 27.5 Å². The molecule has 2 atom stereocenters. The molecule has 7 nitrogen and oxygen atoms in total. The molecule has 30 heavy (non-hydrogen) atoms. The number of hydrogen-bond acceptors (Lipinski definition) is 4. The molecule has 0 aliphatic heterocycles. The molecule has 1 amide bonds. The molecule has 1 fully saturated rings. The minimum Gasteiger partial charge on any atom is -0.309 e. The normalized spacial score (nSPS) is 18.1. The van der Waals surface area contributed by atoms with Crippen LogP contribution in [0.3, 0.4) is 0 Å². The number of fused-ring (bicyclic) bond motifs is 2. The maximum absolute atomic E-state index is 15.0. The van der Waals surface area contributed by atoms with Gasteiger partial charge in [-0.25, -0.2) is 13.3 Å². The Hall–Kier alpha value is -3.62. The summed E-state index contributed by atoms with van der Waals surface area (Å²) in [5.41, 5.74) is 2.69. The summed E-state index contributed by atoms with van der Waals surface area (Å²) in [5.74, 6) is -1.64. The molecule has 1 aliphatic carbocycles. The van der Waals surface area contributed by atoms with Crippen molar-refractivity contribution in [2.75, 3.05) is 5.32 Å². The van der Waals surface area contributed by atoms with Crippen molar-refractivity contribution in [3.63, 3.8) is 0 Å². The van der Waals surface area contributed by atoms with Crippen molar-refractivity contribution >= 4 is 33.9 Å². The summed E-state index contributed by atoms with van der Waals surface area (Å²) >= 11 is 0. The number of aromatic nitrogens is 4. The summed E-state index contributed by atoms with van der Waals surface area (Å²) in [4.78, 5) is 23.9. The number of hydrogen-bond donors (Lipinski definition) is 2. The number of benzene rings is 1. The number of carbonyl (C=O) groups is 2. The first-order chi connectivity index (χ1) is 14.3. The molecule has 3 heterocycles. The van der Waals surface area contributed by atoms with E-state index in [1.54, 1.807) is 42.0 Å². The molecule has 1 aliphatic rings. The largest absolute Gasteiger partial charge is 0.309 e. The molecule has 0 saturated heterocycles. The van der Waals surface area contributed by atoms with E-state index in [1.807, 2.05) is 0 Å². The fourth-order valence-electron chi connectivity index (χ4n) is 3.84. The number of nitrogens with one attached hydrogen (secondary N) is 2. The first kappa shape index (κ1) is 18.4. The Morgan fingerprint density at radius 2 is 2.10 bits per heavy atom. The van der Waals surface area contributed by atoms with E-state index < -0.39 is 17.9 Å². The number of carbonyl (C=O) groups excluding carboxylic acids is 2. The van der Waals surface area contributed by atoms with Crippen LogP contribution in [0.1, 0.15) is 29.3 Å². The third kappa shape index (κ3) is 2.77. The van der Waals surface area contributed by atoms with Gasteiger partial charge in [0.2, 0.25) is 5.91 Å². The standard InChI is InChI=1S/C21H17F2N5O2/c1-9-17(14-8-24-26-20(14)18(10(2)29)19(9)23)11-3-4-28-12(5-11)6-16(27-28)25-21(30)13-7-15(13)22/h3-6,8,13,15H,7H2,1-2H3,(H,24,26)(H,25,27,30)/t13-,15+/m1/s1. The lowest BCUT2D eigenvalue weighted by Gasteiger charge is -2.12. The number of amides is 1. The van der Waals surface area contributed by atoms with Gasteiger partial charge in [0.15, 0.2) is 11.6 Å². The Morgan fingerprint density at radius 1 is 1.33 bits per heavy atom. The number of nitrogens with zero attached hydrogens (tertiary/aromatic N) is 3. The van der Waals surface area contributed by atoms with Crippen LogP contribution >= 0.6 is 0 Å². The molecule has 0 radical (unpaired) electrons. The number of aromatic amines is 1. The van der Waals surface area contributed by atoms with Crippen molar-refractivity contribution in [3.05, 3.63) is 47.5 Å². The molecular formula is C21H17F2N5O2. The highest BCUT2D eigenvalue weighted by Gasteiger charge is 2.43. The number of Topliss-reactive ketones (excluding diaryl/α,β-unsaturated/α-hetero) is 1. The molecule has 3 aromatic heterocycles. The van der Waals surface area contributed by atoms with Gasteiger partial charge in [0.05, 0.1) is 28.7 Å². The Morgan fingerprint density at radius 3 is 2.80 bits per heavy atom. The number of halogens is 2. The van der Waals surface area contributed by atoms with Gasteiger partial charge in [-0.1, -0.05) is 0 Å². The smallest absolute Gasteiger partial charge is 0.231 e. The first-order valence-corrected chi connectivity index (χ1v) is 9.46. The minimum absolute atomic E-state index is 0.00887. The molecule has 4 aromatic rings. The van der Waals surface area contributed by atoms with Gasteiger partial charge in [-0.05, 0) is 49.1 Å². The summed E-state index contributed by atoms with van der Waals surface area (Å²) in [6, 6.07) is 5.24. The number of alkyl halides is 1. The van der Waals surface area contributed by atoms with Gasteiger partial charge in [-0.2, -0.15) is 10.2 Å². The predicted molar refractivity (Wildman–Crippen MR) is 107 cm³/mol. The Kier molecular flexibility index (Phi) is 3.96. The van der Waals surface area contributed by atoms with E-state index in [0.717, 1.165) is 0 Å². The van der Waals surface area contributed by atoms with Gasteiger partial charge in [0, 0.05) is 17.6 Å². The highest BCUT2D eigenvalue weighted by Crippen LogP contribution is 2.37. The Labute approximate surface area is 169 Å². The fraction of sp³-hybridized carbons (Fsp3) is 0.238. The number of H-pyrrole nitrogens is 1. The summed E-state index contributed by atoms with van der Waals surface area (Å²) in [6.07, 6.45) is 2.42. The zero-order chi connectivity index (χ0) is 21.2. The van der Waals surface area contributed by atoms with Crippen LogP contribution in [-0.2, 0) is 4.79 Å². The topological polar surface area (TPSA) is 92.2 Å². The third-order valence-corrected chi connectivity index (χ3v) is 5.49. The summed E-state index contributed by atoms with van der Waals surface area (Å²) in [7, 11) is 0. The van der Waals surface area contributed by atoms with E-state index in [-0.39, 0.29) is 23.7 Å². The number of anilines is 1. The number of rotatable bonds is 4. The fourth-order valence-corrected chi connectivity index (χ4v) is 3.84. The third-order valence-electron chi connectivity index (χ3n) is 5.49. The van der Waals surface area contributed by atoms with E-state index >= 15 is 4.39 Å². The van der Waals surface area contributed by atoms with Crippen molar-refractivity contribution < 1.29 is 18.4 Å². The highest BCUT2D eigenvalue weighted by molar-refractivity contribution is 6.10. The maximum Gasteiger partial charge on any atom is 0.231 e. The van der Waals surface area contributed by atoms with Crippen LogP contribution in [0, 0.1) is 18.7 Å². The van der Waals surface area contributed by atoms with Gasteiger partial charge in [-0.15, -0.1) is 0 Å². The second-order valence-corrected chi connectivity index (χ2v) is 7.57. The second-order valence-electron chi connectivity index (χ2n) is 7.57. The van der Waals surface area contributed by atoms with Crippen molar-refractivity contribution in [2.45, 2.75) is 26.4 Å². The van der Waals surface area contributed by atoms with Crippen LogP contribution in [0.4, 0.5) is 14.6 Å². The summed E-state index contributed by atoms with van der Waals surface area (Å²) < 4.78 is 29.7. The van der Waals surface area contributed by atoms with Gasteiger partial charge < -0.3 is 5.32 Å². The number of pyridine rings is 1. The van der Waals surface area contributed by atoms with E-state index in [0.29, 0.717) is 38.9 Å². The van der Waals surface area contributed by atoms with Gasteiger partial charge in [-0.3, -0.25) is 14.7 Å². The lowest BCUT2D eigenvalue weighted by Crippen LogP contribution is -2.15. The molecule has 2 N–H and O–H groups in total. The first-order valence-electron chi connectivity index (χ1n) is 9.46. The minimum atomic E-state index is -1.08. The van der Waals surface area contributed by atoms with E-state index in [2.05, 4.69) is 20.6 Å². The summed E-state index contributed by atoms with van der Waals surface area (Å²) in [5, 5.41) is 14.3. The van der Waals surface area contributed by atoms with E-state index in [9.17, 15) is 14.0 Å². The predicted octanol–water partition coefficient (Wildman–Crippen LogP) is 3.82. The molecule has 152 valence electrons. The van der Waals surface area contributed by atoms with Crippen molar-refractivity contribution in [2.24, 2.45) is 5.92 Å². The van der Waals surface area contributed by atoms with Crippen LogP contribution < -0.4 is 5.32 Å². The maximum atomic E-state index is 15.0. The zero-order valence-electron chi connectivity index (χ0n) is 16.2. The monoisotopic (exact) mass is 409 g/mol. The quantitative estimate of drug-likeness (QED) is 0.501. The van der Waals surface area contributed by atoms with Gasteiger partial charge in [0.1, 0.15) is 12.0 Å². The van der Waals surface area contributed by atoms with E-state index in [1.165, 1.54) is 6.92 Å². The molecule has 9 heteroatoms. The Bertz CT molecular complexity index is 1360. The van der Waals surface area contributed by atoms with Gasteiger partial charge in [0.25, 0.3) is 0 Å². The van der Waals surface area contributed by atoms with Crippen LogP contribution in [0.15, 0.2) is 30.6 Å². The average Bonchev–Trinajstić information content (AvgIpc) is 3.08. The van der Waals surface area contributed by atoms with Crippen molar-refractivity contribution in [1.29, 1.82) is 0 Å². The Balaban J connectivity index is 1.60. The van der Waals surface area contributed by atoms with Crippen LogP contribution in [0.5, 0.6) is 0 Å². The van der Waals surface area contributed by atoms with E-state index in [4.69, 9.17) is 0 Å². The lowest BCUT2D eigenvalue weighted by atomic mass is 9.93. The second kappa shape index (κ2) is 6.45. The molecule has 1 saturated carbocycles. The van der Waals surface area contributed by atoms with Crippen LogP contribution in [-0.4, -0.2) is 37.7 Å². The molecular weight excluding hydrogens is 392 g/mol. The summed E-state index contributed by atoms with van der Waals surface area (Å²) in [6.45, 7) is 2.94. The molecule has 0 unspecified atom stereocenters. The SMILES string of the molecule is CC(=O)c1c(F)c(C)c(-c2ccn3nc(NC(=O)[C@@H]4C[C@@H]4F)cc3c2)c2cn[nH]c12.